The van der Waals surface area contributed by atoms with Crippen LogP contribution in [0.2, 0.25) is 0 Å². The molecule has 0 spiro atoms. The Morgan fingerprint density at radius 3 is 2.53 bits per heavy atom. The zero-order valence-electron chi connectivity index (χ0n) is 10.6. The summed E-state index contributed by atoms with van der Waals surface area (Å²) >= 11 is 0. The minimum atomic E-state index is -0.666. The van der Waals surface area contributed by atoms with Gasteiger partial charge in [0.15, 0.2) is 23.3 Å². The van der Waals surface area contributed by atoms with E-state index in [1.165, 1.54) is 0 Å². The summed E-state index contributed by atoms with van der Waals surface area (Å²) in [4.78, 5) is 5.80. The smallest absolute Gasteiger partial charge is 0.168 e. The Labute approximate surface area is 101 Å². The van der Waals surface area contributed by atoms with E-state index in [0.717, 1.165) is 25.5 Å². The fraction of sp³-hybridized carbons (Fsp3) is 0.583. The number of rotatable bonds is 6. The molecular weight excluding hydrogens is 224 g/mol. The second-order valence-corrected chi connectivity index (χ2v) is 3.81. The minimum absolute atomic E-state index is 0.0800. The average molecular weight is 243 g/mol. The lowest BCUT2D eigenvalue weighted by atomic mass is 10.3. The number of pyridine rings is 1. The number of halogens is 2. The average Bonchev–Trinajstić information content (AvgIpc) is 2.32. The second-order valence-electron chi connectivity index (χ2n) is 3.81. The van der Waals surface area contributed by atoms with Crippen LogP contribution in [0, 0.1) is 11.6 Å². The molecule has 0 unspecified atom stereocenters. The zero-order chi connectivity index (χ0) is 12.8. The van der Waals surface area contributed by atoms with E-state index in [-0.39, 0.29) is 11.6 Å². The van der Waals surface area contributed by atoms with Crippen molar-refractivity contribution in [3.8, 4) is 0 Å². The lowest BCUT2D eigenvalue weighted by Crippen LogP contribution is -2.26. The van der Waals surface area contributed by atoms with Gasteiger partial charge in [-0.1, -0.05) is 13.3 Å². The molecule has 0 radical (unpaired) electrons. The molecule has 1 aromatic heterocycles. The van der Waals surface area contributed by atoms with Crippen LogP contribution in [0.5, 0.6) is 0 Å². The quantitative estimate of drug-likeness (QED) is 0.832. The molecule has 1 aromatic rings. The van der Waals surface area contributed by atoms with Gasteiger partial charge in [0.05, 0.1) is 0 Å². The fourth-order valence-corrected chi connectivity index (χ4v) is 1.62. The lowest BCUT2D eigenvalue weighted by molar-refractivity contribution is 0.568. The molecule has 0 bridgehead atoms. The van der Waals surface area contributed by atoms with Crippen molar-refractivity contribution in [2.45, 2.75) is 26.7 Å². The Hall–Kier alpha value is -1.39. The number of aromatic nitrogens is 1. The van der Waals surface area contributed by atoms with Gasteiger partial charge >= 0.3 is 0 Å². The molecule has 0 aliphatic carbocycles. The van der Waals surface area contributed by atoms with Crippen LogP contribution in [0.4, 0.5) is 20.4 Å². The molecule has 0 aliphatic rings. The molecule has 3 nitrogen and oxygen atoms in total. The SMILES string of the molecule is CCCCN(CC)c1nc(NC)c(F)cc1F. The Bertz CT molecular complexity index is 369. The third-order valence-corrected chi connectivity index (χ3v) is 2.61. The lowest BCUT2D eigenvalue weighted by Gasteiger charge is -2.22. The highest BCUT2D eigenvalue weighted by Gasteiger charge is 2.15. The van der Waals surface area contributed by atoms with Gasteiger partial charge in [-0.3, -0.25) is 0 Å². The van der Waals surface area contributed by atoms with Crippen LogP contribution in [0.25, 0.3) is 0 Å². The van der Waals surface area contributed by atoms with Gasteiger partial charge in [0.1, 0.15) is 0 Å². The van der Waals surface area contributed by atoms with Crippen molar-refractivity contribution < 1.29 is 8.78 Å². The normalized spacial score (nSPS) is 10.4. The van der Waals surface area contributed by atoms with Gasteiger partial charge in [-0.15, -0.1) is 0 Å². The number of nitrogens with zero attached hydrogens (tertiary/aromatic N) is 2. The summed E-state index contributed by atoms with van der Waals surface area (Å²) in [5.74, 6) is -0.984. The van der Waals surface area contributed by atoms with E-state index in [1.54, 1.807) is 7.05 Å². The molecule has 0 saturated carbocycles. The van der Waals surface area contributed by atoms with Crippen LogP contribution >= 0.6 is 0 Å². The predicted molar refractivity (Wildman–Crippen MR) is 66.5 cm³/mol. The molecule has 17 heavy (non-hydrogen) atoms. The predicted octanol–water partition coefficient (Wildman–Crippen LogP) is 3.03. The van der Waals surface area contributed by atoms with Gasteiger partial charge in [-0.25, -0.2) is 13.8 Å². The van der Waals surface area contributed by atoms with Gasteiger partial charge in [0.25, 0.3) is 0 Å². The van der Waals surface area contributed by atoms with Crippen LogP contribution in [-0.4, -0.2) is 25.1 Å². The maximum absolute atomic E-state index is 13.7. The van der Waals surface area contributed by atoms with Crippen molar-refractivity contribution in [2.24, 2.45) is 0 Å². The summed E-state index contributed by atoms with van der Waals surface area (Å²) in [6.07, 6.45) is 1.99. The first kappa shape index (κ1) is 13.7. The van der Waals surface area contributed by atoms with E-state index in [1.807, 2.05) is 11.8 Å². The molecule has 0 fully saturated rings. The van der Waals surface area contributed by atoms with Crippen molar-refractivity contribution in [1.82, 2.24) is 4.98 Å². The zero-order valence-corrected chi connectivity index (χ0v) is 10.6. The molecule has 0 saturated heterocycles. The van der Waals surface area contributed by atoms with Crippen LogP contribution in [0.3, 0.4) is 0 Å². The van der Waals surface area contributed by atoms with Gasteiger partial charge < -0.3 is 10.2 Å². The minimum Gasteiger partial charge on any atom is -0.371 e. The van der Waals surface area contributed by atoms with Crippen LogP contribution in [-0.2, 0) is 0 Å². The standard InChI is InChI=1S/C12H19F2N3/c1-4-6-7-17(5-2)12-10(14)8-9(13)11(15-3)16-12/h8H,4-7H2,1-3H3,(H,15,16). The topological polar surface area (TPSA) is 28.2 Å². The maximum Gasteiger partial charge on any atom is 0.168 e. The van der Waals surface area contributed by atoms with Crippen molar-refractivity contribution >= 4 is 11.6 Å². The number of nitrogens with one attached hydrogen (secondary N) is 1. The summed E-state index contributed by atoms with van der Waals surface area (Å²) in [5.41, 5.74) is 0. The highest BCUT2D eigenvalue weighted by molar-refractivity contribution is 5.48. The number of hydrogen-bond donors (Lipinski definition) is 1. The summed E-state index contributed by atoms with van der Waals surface area (Å²) in [6, 6.07) is 0.878. The van der Waals surface area contributed by atoms with Gasteiger partial charge in [-0.2, -0.15) is 0 Å². The molecule has 0 aliphatic heterocycles. The molecule has 1 rings (SSSR count). The van der Waals surface area contributed by atoms with Crippen molar-refractivity contribution in [3.05, 3.63) is 17.7 Å². The van der Waals surface area contributed by atoms with Crippen molar-refractivity contribution in [2.75, 3.05) is 30.4 Å². The first-order chi connectivity index (χ1) is 8.13. The number of anilines is 2. The summed E-state index contributed by atoms with van der Waals surface area (Å²) in [7, 11) is 1.56. The summed E-state index contributed by atoms with van der Waals surface area (Å²) in [5, 5.41) is 2.62. The molecule has 1 N–H and O–H groups in total. The van der Waals surface area contributed by atoms with Crippen LogP contribution in [0.15, 0.2) is 6.07 Å². The first-order valence-electron chi connectivity index (χ1n) is 5.92. The number of unbranched alkanes of at least 4 members (excludes halogenated alkanes) is 1. The molecule has 1 heterocycles. The van der Waals surface area contributed by atoms with Gasteiger partial charge in [0.2, 0.25) is 0 Å². The largest absolute Gasteiger partial charge is 0.371 e. The van der Waals surface area contributed by atoms with E-state index in [2.05, 4.69) is 17.2 Å². The Morgan fingerprint density at radius 2 is 2.00 bits per heavy atom. The van der Waals surface area contributed by atoms with E-state index in [9.17, 15) is 8.78 Å². The molecule has 0 atom stereocenters. The Balaban J connectivity index is 3.01. The van der Waals surface area contributed by atoms with E-state index in [4.69, 9.17) is 0 Å². The highest BCUT2D eigenvalue weighted by Crippen LogP contribution is 2.22. The third-order valence-electron chi connectivity index (χ3n) is 2.61. The summed E-state index contributed by atoms with van der Waals surface area (Å²) in [6.45, 7) is 5.38. The van der Waals surface area contributed by atoms with Crippen molar-refractivity contribution in [3.63, 3.8) is 0 Å². The van der Waals surface area contributed by atoms with E-state index >= 15 is 0 Å². The summed E-state index contributed by atoms with van der Waals surface area (Å²) < 4.78 is 26.9. The Morgan fingerprint density at radius 1 is 1.29 bits per heavy atom. The van der Waals surface area contributed by atoms with E-state index in [0.29, 0.717) is 6.54 Å². The van der Waals surface area contributed by atoms with Gasteiger partial charge in [-0.05, 0) is 13.3 Å². The fourth-order valence-electron chi connectivity index (χ4n) is 1.62. The Kier molecular flexibility index (Phi) is 5.12. The number of hydrogen-bond acceptors (Lipinski definition) is 3. The molecular formula is C12H19F2N3. The first-order valence-corrected chi connectivity index (χ1v) is 5.92. The van der Waals surface area contributed by atoms with E-state index < -0.39 is 11.6 Å². The maximum atomic E-state index is 13.7. The third kappa shape index (κ3) is 3.28. The second kappa shape index (κ2) is 6.37. The van der Waals surface area contributed by atoms with Crippen molar-refractivity contribution in [1.29, 1.82) is 0 Å². The monoisotopic (exact) mass is 243 g/mol. The highest BCUT2D eigenvalue weighted by atomic mass is 19.1. The van der Waals surface area contributed by atoms with Gasteiger partial charge in [0, 0.05) is 26.2 Å². The molecule has 0 aromatic carbocycles. The molecule has 0 amide bonds. The van der Waals surface area contributed by atoms with Crippen LogP contribution < -0.4 is 10.2 Å². The molecule has 96 valence electrons. The molecule has 5 heteroatoms. The van der Waals surface area contributed by atoms with Crippen LogP contribution in [0.1, 0.15) is 26.7 Å².